The molecule has 1 fully saturated rings. The normalized spacial score (nSPS) is 25.1. The average molecular weight is 293 g/mol. The van der Waals surface area contributed by atoms with Crippen LogP contribution in [0.5, 0.6) is 0 Å². The molecule has 0 N–H and O–H groups in total. The smallest absolute Gasteiger partial charge is 0.128 e. The number of hydrogen-bond donors (Lipinski definition) is 0. The van der Waals surface area contributed by atoms with Crippen LogP contribution in [0.15, 0.2) is 23.8 Å². The molecule has 6 heteroatoms. The van der Waals surface area contributed by atoms with Crippen LogP contribution >= 0.6 is 35.0 Å². The van der Waals surface area contributed by atoms with Crippen LogP contribution in [0.2, 0.25) is 10.0 Å². The Morgan fingerprint density at radius 2 is 1.94 bits per heavy atom. The van der Waals surface area contributed by atoms with Crippen molar-refractivity contribution >= 4 is 40.9 Å². The summed E-state index contributed by atoms with van der Waals surface area (Å²) in [6.07, 6.45) is -0.442. The number of rotatable bonds is 1. The van der Waals surface area contributed by atoms with Gasteiger partial charge < -0.3 is 0 Å². The molecule has 0 aromatic heterocycles. The van der Waals surface area contributed by atoms with E-state index in [2.05, 4.69) is 0 Å². The predicted octanol–water partition coefficient (Wildman–Crippen LogP) is 3.58. The van der Waals surface area contributed by atoms with Crippen LogP contribution in [-0.2, 0) is 9.63 Å². The third-order valence-electron chi connectivity index (χ3n) is 2.59. The minimum absolute atomic E-state index is 0.370. The highest BCUT2D eigenvalue weighted by atomic mass is 35.5. The Bertz CT molecular complexity index is 479. The van der Waals surface area contributed by atoms with E-state index in [0.29, 0.717) is 21.2 Å². The molecule has 2 atom stereocenters. The molecular formula is C11H8Cl3NO2. The number of hydrogen-bond acceptors (Lipinski definition) is 3. The van der Waals surface area contributed by atoms with E-state index in [1.807, 2.05) is 5.94 Å². The summed E-state index contributed by atoms with van der Waals surface area (Å²) in [6, 6.07) is 4.47. The van der Waals surface area contributed by atoms with Crippen molar-refractivity contribution < 1.29 is 9.63 Å². The van der Waals surface area contributed by atoms with Gasteiger partial charge in [-0.3, -0.25) is 4.84 Å². The second kappa shape index (κ2) is 4.99. The van der Waals surface area contributed by atoms with E-state index < -0.39 is 12.1 Å². The van der Waals surface area contributed by atoms with Crippen molar-refractivity contribution in [1.82, 2.24) is 4.58 Å². The molecule has 0 saturated carbocycles. The van der Waals surface area contributed by atoms with Gasteiger partial charge in [-0.1, -0.05) is 33.9 Å². The van der Waals surface area contributed by atoms with Gasteiger partial charge >= 0.3 is 0 Å². The first-order valence-electron chi connectivity index (χ1n) is 4.86. The summed E-state index contributed by atoms with van der Waals surface area (Å²) >= 11 is 18.1. The van der Waals surface area contributed by atoms with Crippen LogP contribution < -0.4 is 0 Å². The van der Waals surface area contributed by atoms with Gasteiger partial charge in [0.05, 0.1) is 5.57 Å². The highest BCUT2D eigenvalue weighted by molar-refractivity contribution is 6.36. The summed E-state index contributed by atoms with van der Waals surface area (Å²) in [6.45, 7) is 1.71. The monoisotopic (exact) mass is 291 g/mol. The Kier molecular flexibility index (Phi) is 3.79. The molecule has 0 bridgehead atoms. The predicted molar refractivity (Wildman–Crippen MR) is 66.6 cm³/mol. The fraction of sp³-hybridized carbons (Fsp3) is 0.273. The number of halogens is 3. The Morgan fingerprint density at radius 1 is 1.35 bits per heavy atom. The fourth-order valence-electron chi connectivity index (χ4n) is 1.77. The molecule has 1 heterocycles. The number of carbonyl (C=O) groups excluding carboxylic acids is 1. The van der Waals surface area contributed by atoms with Crippen LogP contribution in [0.3, 0.4) is 0 Å². The summed E-state index contributed by atoms with van der Waals surface area (Å²) in [5.41, 5.74) is 0.920. The molecule has 90 valence electrons. The van der Waals surface area contributed by atoms with Crippen LogP contribution in [-0.4, -0.2) is 16.6 Å². The van der Waals surface area contributed by atoms with Gasteiger partial charge in [-0.25, -0.2) is 4.79 Å². The number of nitrogens with zero attached hydrogens (tertiary/aromatic N) is 1. The van der Waals surface area contributed by atoms with Crippen LogP contribution in [0, 0.1) is 0 Å². The molecule has 2 rings (SSSR count). The van der Waals surface area contributed by atoms with Crippen LogP contribution in [0.1, 0.15) is 18.5 Å². The van der Waals surface area contributed by atoms with Gasteiger partial charge in [0.15, 0.2) is 0 Å². The van der Waals surface area contributed by atoms with Gasteiger partial charge in [0.25, 0.3) is 0 Å². The van der Waals surface area contributed by atoms with Crippen molar-refractivity contribution in [2.75, 3.05) is 0 Å². The SMILES string of the molecule is CC1ON(Cl)C(c2c(Cl)cccc2Cl)C1=C=O. The summed E-state index contributed by atoms with van der Waals surface area (Å²) < 4.78 is 1.05. The zero-order chi connectivity index (χ0) is 12.6. The Balaban J connectivity index is 2.56. The molecule has 0 amide bonds. The number of hydroxylamine groups is 1. The van der Waals surface area contributed by atoms with Gasteiger partial charge in [-0.05, 0) is 19.1 Å². The quantitative estimate of drug-likeness (QED) is 0.585. The lowest BCUT2D eigenvalue weighted by atomic mass is 9.98. The maximum Gasteiger partial charge on any atom is 0.128 e. The molecule has 0 spiro atoms. The molecule has 2 unspecified atom stereocenters. The summed E-state index contributed by atoms with van der Waals surface area (Å²) in [4.78, 5) is 16.2. The molecular weight excluding hydrogens is 284 g/mol. The first-order chi connectivity index (χ1) is 8.06. The lowest BCUT2D eigenvalue weighted by Gasteiger charge is -2.17. The molecule has 17 heavy (non-hydrogen) atoms. The minimum atomic E-state index is -0.606. The summed E-state index contributed by atoms with van der Waals surface area (Å²) in [5, 5.41) is 0.859. The highest BCUT2D eigenvalue weighted by Gasteiger charge is 2.40. The lowest BCUT2D eigenvalue weighted by molar-refractivity contribution is -0.0824. The van der Waals surface area contributed by atoms with Crippen molar-refractivity contribution in [3.05, 3.63) is 39.4 Å². The highest BCUT2D eigenvalue weighted by Crippen LogP contribution is 2.44. The first kappa shape index (κ1) is 12.9. The first-order valence-corrected chi connectivity index (χ1v) is 5.96. The van der Waals surface area contributed by atoms with Crippen molar-refractivity contribution in [3.8, 4) is 0 Å². The van der Waals surface area contributed by atoms with E-state index in [1.54, 1.807) is 25.1 Å². The van der Waals surface area contributed by atoms with E-state index >= 15 is 0 Å². The Labute approximate surface area is 114 Å². The average Bonchev–Trinajstić information content (AvgIpc) is 2.53. The van der Waals surface area contributed by atoms with Crippen molar-refractivity contribution in [2.45, 2.75) is 19.1 Å². The summed E-state index contributed by atoms with van der Waals surface area (Å²) in [5.74, 6) is 1.85. The molecule has 1 aromatic rings. The number of benzene rings is 1. The van der Waals surface area contributed by atoms with E-state index in [-0.39, 0.29) is 0 Å². The Hall–Kier alpha value is -0.540. The molecule has 0 aliphatic carbocycles. The molecule has 1 aromatic carbocycles. The molecule has 1 aliphatic heterocycles. The van der Waals surface area contributed by atoms with Gasteiger partial charge in [0, 0.05) is 27.4 Å². The molecule has 3 nitrogen and oxygen atoms in total. The Morgan fingerprint density at radius 3 is 2.47 bits per heavy atom. The van der Waals surface area contributed by atoms with E-state index in [0.717, 1.165) is 4.58 Å². The second-order valence-electron chi connectivity index (χ2n) is 3.61. The lowest BCUT2D eigenvalue weighted by Crippen LogP contribution is -2.12. The topological polar surface area (TPSA) is 29.5 Å². The van der Waals surface area contributed by atoms with Gasteiger partial charge in [-0.15, -0.1) is 0 Å². The van der Waals surface area contributed by atoms with Crippen molar-refractivity contribution in [1.29, 1.82) is 0 Å². The van der Waals surface area contributed by atoms with Crippen molar-refractivity contribution in [2.24, 2.45) is 0 Å². The molecule has 0 radical (unpaired) electrons. The third kappa shape index (κ3) is 2.23. The van der Waals surface area contributed by atoms with Gasteiger partial charge in [0.2, 0.25) is 0 Å². The van der Waals surface area contributed by atoms with Crippen LogP contribution in [0.4, 0.5) is 0 Å². The summed E-state index contributed by atoms with van der Waals surface area (Å²) in [7, 11) is 0. The second-order valence-corrected chi connectivity index (χ2v) is 4.76. The van der Waals surface area contributed by atoms with E-state index in [4.69, 9.17) is 39.8 Å². The third-order valence-corrected chi connectivity index (χ3v) is 3.52. The van der Waals surface area contributed by atoms with Gasteiger partial charge in [-0.2, -0.15) is 0 Å². The standard InChI is InChI=1S/C11H8Cl3NO2/c1-6-7(5-16)11(15(14)17-6)10-8(12)3-2-4-9(10)13/h2-4,6,11H,1H3. The van der Waals surface area contributed by atoms with E-state index in [9.17, 15) is 4.79 Å². The van der Waals surface area contributed by atoms with Gasteiger partial charge in [0.1, 0.15) is 18.1 Å². The zero-order valence-corrected chi connectivity index (χ0v) is 11.1. The van der Waals surface area contributed by atoms with Crippen LogP contribution in [0.25, 0.3) is 0 Å². The van der Waals surface area contributed by atoms with Crippen molar-refractivity contribution in [3.63, 3.8) is 0 Å². The van der Waals surface area contributed by atoms with E-state index in [1.165, 1.54) is 0 Å². The maximum absolute atomic E-state index is 11.0. The zero-order valence-electron chi connectivity index (χ0n) is 8.78. The largest absolute Gasteiger partial charge is 0.274 e. The molecule has 1 aliphatic rings. The molecule has 1 saturated heterocycles. The fourth-order valence-corrected chi connectivity index (χ4v) is 2.69. The maximum atomic E-state index is 11.0. The minimum Gasteiger partial charge on any atom is -0.274 e.